The molecular formula is C19H22FN3O2S. The van der Waals surface area contributed by atoms with E-state index in [9.17, 15) is 9.50 Å². The van der Waals surface area contributed by atoms with Crippen LogP contribution < -0.4 is 4.74 Å². The third-order valence-electron chi connectivity index (χ3n) is 5.15. The number of rotatable bonds is 5. The molecule has 0 unspecified atom stereocenters. The number of aromatic nitrogens is 2. The molecule has 2 fully saturated rings. The molecule has 1 saturated carbocycles. The Kier molecular flexibility index (Phi) is 5.00. The van der Waals surface area contributed by atoms with E-state index < -0.39 is 5.95 Å². The van der Waals surface area contributed by atoms with Gasteiger partial charge in [0.1, 0.15) is 5.75 Å². The fraction of sp³-hybridized carbons (Fsp3) is 0.474. The topological polar surface area (TPSA) is 58.5 Å². The second-order valence-electron chi connectivity index (χ2n) is 7.14. The van der Waals surface area contributed by atoms with E-state index in [1.165, 1.54) is 6.20 Å². The molecule has 1 N–H and O–H groups in total. The largest absolute Gasteiger partial charge is 0.506 e. The maximum absolute atomic E-state index is 13.9. The number of halogens is 1. The maximum atomic E-state index is 13.9. The molecule has 138 valence electrons. The van der Waals surface area contributed by atoms with Gasteiger partial charge in [-0.25, -0.2) is 9.97 Å². The van der Waals surface area contributed by atoms with E-state index in [1.54, 1.807) is 36.9 Å². The predicted molar refractivity (Wildman–Crippen MR) is 97.8 cm³/mol. The van der Waals surface area contributed by atoms with E-state index in [0.29, 0.717) is 17.5 Å². The van der Waals surface area contributed by atoms with Gasteiger partial charge in [0.2, 0.25) is 0 Å². The number of thioether (sulfide) groups is 1. The minimum absolute atomic E-state index is 0.0811. The van der Waals surface area contributed by atoms with Crippen molar-refractivity contribution in [1.82, 2.24) is 14.9 Å². The molecule has 26 heavy (non-hydrogen) atoms. The van der Waals surface area contributed by atoms with Crippen molar-refractivity contribution in [1.29, 1.82) is 0 Å². The molecule has 7 heteroatoms. The summed E-state index contributed by atoms with van der Waals surface area (Å²) in [6.07, 6.45) is 3.49. The standard InChI is InChI=1S/C19H22FN3O2S/c1-12-2-4-17(19(20)22-12)25-16-6-13-9-23(10-14(13)7-16)11-26-18-5-3-15(24)8-21-18/h2-5,8,13-14,16,24H,6-7,9-11H2,1H3/t13-,14+,16+. The van der Waals surface area contributed by atoms with Gasteiger partial charge in [-0.3, -0.25) is 4.90 Å². The first-order valence-electron chi connectivity index (χ1n) is 8.87. The van der Waals surface area contributed by atoms with E-state index >= 15 is 0 Å². The molecule has 1 aliphatic heterocycles. The summed E-state index contributed by atoms with van der Waals surface area (Å²) in [5, 5.41) is 10.2. The lowest BCUT2D eigenvalue weighted by Gasteiger charge is -2.19. The van der Waals surface area contributed by atoms with Crippen LogP contribution in [0.1, 0.15) is 18.5 Å². The fourth-order valence-electron chi connectivity index (χ4n) is 3.94. The molecule has 2 aromatic rings. The molecule has 3 heterocycles. The van der Waals surface area contributed by atoms with Crippen LogP contribution in [0.25, 0.3) is 0 Å². The summed E-state index contributed by atoms with van der Waals surface area (Å²) in [6, 6.07) is 6.96. The maximum Gasteiger partial charge on any atom is 0.255 e. The fourth-order valence-corrected chi connectivity index (χ4v) is 4.76. The summed E-state index contributed by atoms with van der Waals surface area (Å²) in [5.41, 5.74) is 0.661. The van der Waals surface area contributed by atoms with Crippen LogP contribution in [-0.2, 0) is 0 Å². The first-order valence-corrected chi connectivity index (χ1v) is 9.85. The lowest BCUT2D eigenvalue weighted by molar-refractivity contribution is 0.180. The van der Waals surface area contributed by atoms with Gasteiger partial charge in [0, 0.05) is 18.8 Å². The highest BCUT2D eigenvalue weighted by Gasteiger charge is 2.41. The van der Waals surface area contributed by atoms with Crippen LogP contribution in [-0.4, -0.2) is 45.0 Å². The third kappa shape index (κ3) is 3.94. The predicted octanol–water partition coefficient (Wildman–Crippen LogP) is 3.47. The van der Waals surface area contributed by atoms with Crippen molar-refractivity contribution in [3.63, 3.8) is 0 Å². The summed E-state index contributed by atoms with van der Waals surface area (Å²) in [7, 11) is 0. The van der Waals surface area contributed by atoms with Crippen molar-refractivity contribution >= 4 is 11.8 Å². The Bertz CT molecular complexity index is 760. The monoisotopic (exact) mass is 375 g/mol. The molecule has 5 nitrogen and oxygen atoms in total. The Hall–Kier alpha value is -1.86. The van der Waals surface area contributed by atoms with Gasteiger partial charge >= 0.3 is 0 Å². The smallest absolute Gasteiger partial charge is 0.255 e. The lowest BCUT2D eigenvalue weighted by atomic mass is 10.0. The zero-order valence-corrected chi connectivity index (χ0v) is 15.5. The number of aromatic hydroxyl groups is 1. The number of pyridine rings is 2. The van der Waals surface area contributed by atoms with Crippen LogP contribution in [0.15, 0.2) is 35.5 Å². The van der Waals surface area contributed by atoms with Gasteiger partial charge in [-0.05, 0) is 55.9 Å². The molecule has 0 radical (unpaired) electrons. The van der Waals surface area contributed by atoms with Gasteiger partial charge in [0.25, 0.3) is 5.95 Å². The van der Waals surface area contributed by atoms with Gasteiger partial charge in [0.15, 0.2) is 5.75 Å². The van der Waals surface area contributed by atoms with Crippen molar-refractivity contribution in [2.24, 2.45) is 11.8 Å². The minimum Gasteiger partial charge on any atom is -0.506 e. The Morgan fingerprint density at radius 3 is 2.65 bits per heavy atom. The number of likely N-dealkylation sites (tertiary alicyclic amines) is 1. The molecule has 0 amide bonds. The van der Waals surface area contributed by atoms with Crippen molar-refractivity contribution < 1.29 is 14.2 Å². The highest BCUT2D eigenvalue weighted by atomic mass is 32.2. The van der Waals surface area contributed by atoms with E-state index in [0.717, 1.165) is 36.8 Å². The Morgan fingerprint density at radius 1 is 1.23 bits per heavy atom. The molecule has 1 aliphatic carbocycles. The molecule has 1 saturated heterocycles. The molecular weight excluding hydrogens is 353 g/mol. The molecule has 2 aliphatic rings. The highest BCUT2D eigenvalue weighted by molar-refractivity contribution is 7.99. The average Bonchev–Trinajstić information content (AvgIpc) is 3.15. The van der Waals surface area contributed by atoms with Crippen molar-refractivity contribution in [2.75, 3.05) is 19.0 Å². The third-order valence-corrected chi connectivity index (χ3v) is 6.18. The molecule has 2 aromatic heterocycles. The van der Waals surface area contributed by atoms with Crippen LogP contribution in [0, 0.1) is 24.7 Å². The molecule has 0 aromatic carbocycles. The van der Waals surface area contributed by atoms with Gasteiger partial charge < -0.3 is 9.84 Å². The van der Waals surface area contributed by atoms with Gasteiger partial charge in [-0.2, -0.15) is 4.39 Å². The number of ether oxygens (including phenoxy) is 1. The van der Waals surface area contributed by atoms with Crippen LogP contribution in [0.4, 0.5) is 4.39 Å². The van der Waals surface area contributed by atoms with Crippen molar-refractivity contribution in [3.05, 3.63) is 42.1 Å². The Balaban J connectivity index is 1.26. The minimum atomic E-state index is -0.513. The molecule has 0 bridgehead atoms. The summed E-state index contributed by atoms with van der Waals surface area (Å²) in [4.78, 5) is 10.5. The highest BCUT2D eigenvalue weighted by Crippen LogP contribution is 2.40. The number of hydrogen-bond acceptors (Lipinski definition) is 6. The number of aryl methyl sites for hydroxylation is 1. The van der Waals surface area contributed by atoms with Gasteiger partial charge in [-0.15, -0.1) is 0 Å². The quantitative estimate of drug-likeness (QED) is 0.638. The summed E-state index contributed by atoms with van der Waals surface area (Å²) in [6.45, 7) is 3.86. The van der Waals surface area contributed by atoms with Crippen LogP contribution in [0.5, 0.6) is 11.5 Å². The second kappa shape index (κ2) is 7.40. The van der Waals surface area contributed by atoms with E-state index in [1.807, 2.05) is 6.07 Å². The Labute approximate surface area is 156 Å². The van der Waals surface area contributed by atoms with Crippen LogP contribution in [0.3, 0.4) is 0 Å². The number of hydrogen-bond donors (Lipinski definition) is 1. The van der Waals surface area contributed by atoms with Crippen molar-refractivity contribution in [2.45, 2.75) is 30.9 Å². The Morgan fingerprint density at radius 2 is 2.00 bits per heavy atom. The zero-order chi connectivity index (χ0) is 18.1. The van der Waals surface area contributed by atoms with Crippen molar-refractivity contribution in [3.8, 4) is 11.5 Å². The van der Waals surface area contributed by atoms with E-state index in [2.05, 4.69) is 14.9 Å². The summed E-state index contributed by atoms with van der Waals surface area (Å²) < 4.78 is 19.8. The normalized spacial score (nSPS) is 25.4. The number of fused-ring (bicyclic) bond motifs is 1. The first kappa shape index (κ1) is 17.5. The second-order valence-corrected chi connectivity index (χ2v) is 8.10. The zero-order valence-electron chi connectivity index (χ0n) is 14.6. The van der Waals surface area contributed by atoms with Gasteiger partial charge in [0.05, 0.1) is 23.2 Å². The summed E-state index contributed by atoms with van der Waals surface area (Å²) >= 11 is 1.69. The van der Waals surface area contributed by atoms with Gasteiger partial charge in [-0.1, -0.05) is 11.8 Å². The molecule has 4 rings (SSSR count). The first-order chi connectivity index (χ1) is 12.6. The average molecular weight is 375 g/mol. The molecule has 3 atom stereocenters. The molecule has 0 spiro atoms. The lowest BCUT2D eigenvalue weighted by Crippen LogP contribution is -2.24. The van der Waals surface area contributed by atoms with E-state index in [4.69, 9.17) is 4.74 Å². The van der Waals surface area contributed by atoms with Crippen LogP contribution in [0.2, 0.25) is 0 Å². The number of nitrogens with zero attached hydrogens (tertiary/aromatic N) is 3. The summed E-state index contributed by atoms with van der Waals surface area (Å²) in [5.74, 6) is 2.06. The van der Waals surface area contributed by atoms with E-state index in [-0.39, 0.29) is 17.6 Å². The SMILES string of the molecule is Cc1ccc(O[C@H]2C[C@@H]3CN(CSc4ccc(O)cn4)C[C@@H]3C2)c(F)n1. The van der Waals surface area contributed by atoms with Crippen LogP contribution >= 0.6 is 11.8 Å².